The van der Waals surface area contributed by atoms with E-state index in [0.717, 1.165) is 31.2 Å². The molecule has 4 nitrogen and oxygen atoms in total. The Bertz CT molecular complexity index is 510. The molecule has 0 saturated carbocycles. The third-order valence-electron chi connectivity index (χ3n) is 3.23. The van der Waals surface area contributed by atoms with Crippen LogP contribution in [0.15, 0.2) is 23.1 Å². The van der Waals surface area contributed by atoms with E-state index in [-0.39, 0.29) is 4.90 Å². The summed E-state index contributed by atoms with van der Waals surface area (Å²) >= 11 is 0. The van der Waals surface area contributed by atoms with E-state index in [1.807, 2.05) is 6.07 Å². The van der Waals surface area contributed by atoms with Crippen LogP contribution in [0.3, 0.4) is 0 Å². The zero-order chi connectivity index (χ0) is 12.5. The van der Waals surface area contributed by atoms with Crippen LogP contribution in [0.5, 0.6) is 0 Å². The number of aliphatic hydroxyl groups is 1. The molecule has 1 atom stereocenters. The lowest BCUT2D eigenvalue weighted by molar-refractivity contribution is 0.292. The molecule has 0 fully saturated rings. The summed E-state index contributed by atoms with van der Waals surface area (Å²) in [6.45, 7) is -0.556. The molecule has 0 amide bonds. The maximum Gasteiger partial charge on any atom is 0.196 e. The highest BCUT2D eigenvalue weighted by Crippen LogP contribution is 2.25. The number of hydrogen-bond donors (Lipinski definition) is 2. The number of benzene rings is 1. The van der Waals surface area contributed by atoms with Crippen LogP contribution in [-0.2, 0) is 22.7 Å². The molecule has 2 rings (SSSR count). The second-order valence-corrected chi connectivity index (χ2v) is 6.57. The molecule has 0 aromatic heterocycles. The summed E-state index contributed by atoms with van der Waals surface area (Å²) in [5, 5.41) is 7.63. The molecule has 1 unspecified atom stereocenters. The highest BCUT2D eigenvalue weighted by atomic mass is 32.2. The molecule has 1 aliphatic rings. The summed E-state index contributed by atoms with van der Waals surface area (Å²) in [6, 6.07) is 5.17. The lowest BCUT2D eigenvalue weighted by atomic mass is 9.92. The Balaban J connectivity index is 2.41. The minimum absolute atomic E-state index is 0.222. The first kappa shape index (κ1) is 12.5. The van der Waals surface area contributed by atoms with Crippen molar-refractivity contribution in [2.75, 3.05) is 6.61 Å². The van der Waals surface area contributed by atoms with E-state index in [0.29, 0.717) is 0 Å². The fourth-order valence-corrected chi connectivity index (χ4v) is 3.27. The number of aryl methyl sites for hydroxylation is 2. The molecule has 0 bridgehead atoms. The van der Waals surface area contributed by atoms with Gasteiger partial charge in [0.2, 0.25) is 0 Å². The highest BCUT2D eigenvalue weighted by Gasteiger charge is 2.24. The van der Waals surface area contributed by atoms with Crippen LogP contribution in [0, 0.1) is 0 Å². The van der Waals surface area contributed by atoms with Crippen molar-refractivity contribution in [3.05, 3.63) is 29.3 Å². The number of nitrogens with two attached hydrogens (primary N) is 1. The Kier molecular flexibility index (Phi) is 3.51. The van der Waals surface area contributed by atoms with Gasteiger partial charge in [-0.25, -0.2) is 8.42 Å². The molecule has 17 heavy (non-hydrogen) atoms. The SMILES string of the molecule is NC(CO)S(=O)(=O)c1ccc2c(c1)CCCC2. The molecule has 3 N–H and O–H groups in total. The van der Waals surface area contributed by atoms with E-state index in [9.17, 15) is 8.42 Å². The number of sulfone groups is 1. The molecule has 1 aromatic rings. The number of hydrogen-bond acceptors (Lipinski definition) is 4. The number of aliphatic hydroxyl groups excluding tert-OH is 1. The van der Waals surface area contributed by atoms with Gasteiger partial charge in [0.05, 0.1) is 11.5 Å². The van der Waals surface area contributed by atoms with Crippen molar-refractivity contribution in [1.29, 1.82) is 0 Å². The molecular formula is C12H17NO3S. The summed E-state index contributed by atoms with van der Waals surface area (Å²) in [4.78, 5) is 0.222. The van der Waals surface area contributed by atoms with Gasteiger partial charge in [0.15, 0.2) is 9.84 Å². The molecule has 5 heteroatoms. The van der Waals surface area contributed by atoms with Crippen molar-refractivity contribution in [1.82, 2.24) is 0 Å². The van der Waals surface area contributed by atoms with Gasteiger partial charge in [0.25, 0.3) is 0 Å². The summed E-state index contributed by atoms with van der Waals surface area (Å²) in [5.74, 6) is 0. The number of rotatable bonds is 3. The predicted octanol–water partition coefficient (Wildman–Crippen LogP) is 0.616. The third kappa shape index (κ3) is 2.36. The smallest absolute Gasteiger partial charge is 0.196 e. The Hall–Kier alpha value is -0.910. The fraction of sp³-hybridized carbons (Fsp3) is 0.500. The van der Waals surface area contributed by atoms with Crippen LogP contribution in [0.1, 0.15) is 24.0 Å². The molecule has 0 aliphatic heterocycles. The predicted molar refractivity (Wildman–Crippen MR) is 65.3 cm³/mol. The summed E-state index contributed by atoms with van der Waals surface area (Å²) in [6.07, 6.45) is 4.20. The molecule has 94 valence electrons. The van der Waals surface area contributed by atoms with Crippen LogP contribution in [0.4, 0.5) is 0 Å². The van der Waals surface area contributed by atoms with Crippen LogP contribution in [-0.4, -0.2) is 25.5 Å². The Labute approximate surface area is 101 Å². The first-order chi connectivity index (χ1) is 8.05. The first-order valence-corrected chi connectivity index (χ1v) is 7.32. The Morgan fingerprint density at radius 3 is 2.53 bits per heavy atom. The molecule has 0 saturated heterocycles. The zero-order valence-electron chi connectivity index (χ0n) is 9.59. The summed E-state index contributed by atoms with van der Waals surface area (Å²) in [7, 11) is -3.59. The van der Waals surface area contributed by atoms with Gasteiger partial charge in [-0.2, -0.15) is 0 Å². The van der Waals surface area contributed by atoms with E-state index < -0.39 is 21.8 Å². The minimum atomic E-state index is -3.59. The van der Waals surface area contributed by atoms with Gasteiger partial charge in [-0.3, -0.25) is 0 Å². The summed E-state index contributed by atoms with van der Waals surface area (Å²) in [5.41, 5.74) is 7.75. The molecule has 0 heterocycles. The second kappa shape index (κ2) is 4.76. The van der Waals surface area contributed by atoms with Crippen LogP contribution < -0.4 is 5.73 Å². The van der Waals surface area contributed by atoms with Crippen molar-refractivity contribution in [3.8, 4) is 0 Å². The third-order valence-corrected chi connectivity index (χ3v) is 5.08. The van der Waals surface area contributed by atoms with Crippen molar-refractivity contribution in [3.63, 3.8) is 0 Å². The Morgan fingerprint density at radius 2 is 1.88 bits per heavy atom. The maximum atomic E-state index is 12.0. The summed E-state index contributed by atoms with van der Waals surface area (Å²) < 4.78 is 23.9. The van der Waals surface area contributed by atoms with Crippen LogP contribution in [0.25, 0.3) is 0 Å². The largest absolute Gasteiger partial charge is 0.394 e. The topological polar surface area (TPSA) is 80.4 Å². The van der Waals surface area contributed by atoms with Gasteiger partial charge >= 0.3 is 0 Å². The second-order valence-electron chi connectivity index (χ2n) is 4.40. The first-order valence-electron chi connectivity index (χ1n) is 5.78. The minimum Gasteiger partial charge on any atom is -0.394 e. The van der Waals surface area contributed by atoms with Crippen molar-refractivity contribution < 1.29 is 13.5 Å². The van der Waals surface area contributed by atoms with E-state index >= 15 is 0 Å². The molecular weight excluding hydrogens is 238 g/mol. The van der Waals surface area contributed by atoms with E-state index in [1.165, 1.54) is 5.56 Å². The van der Waals surface area contributed by atoms with Crippen LogP contribution in [0.2, 0.25) is 0 Å². The van der Waals surface area contributed by atoms with E-state index in [4.69, 9.17) is 10.8 Å². The van der Waals surface area contributed by atoms with Gasteiger partial charge in [-0.15, -0.1) is 0 Å². The lowest BCUT2D eigenvalue weighted by Crippen LogP contribution is -2.34. The monoisotopic (exact) mass is 255 g/mol. The van der Waals surface area contributed by atoms with Crippen molar-refractivity contribution in [2.45, 2.75) is 36.0 Å². The van der Waals surface area contributed by atoms with Crippen molar-refractivity contribution in [2.24, 2.45) is 5.73 Å². The van der Waals surface area contributed by atoms with E-state index in [2.05, 4.69) is 0 Å². The number of fused-ring (bicyclic) bond motifs is 1. The highest BCUT2D eigenvalue weighted by molar-refractivity contribution is 7.92. The lowest BCUT2D eigenvalue weighted by Gasteiger charge is -2.17. The van der Waals surface area contributed by atoms with Crippen molar-refractivity contribution >= 4 is 9.84 Å². The zero-order valence-corrected chi connectivity index (χ0v) is 10.4. The van der Waals surface area contributed by atoms with Gasteiger partial charge in [-0.05, 0) is 48.9 Å². The van der Waals surface area contributed by atoms with Gasteiger partial charge in [0.1, 0.15) is 5.37 Å². The van der Waals surface area contributed by atoms with Gasteiger partial charge < -0.3 is 10.8 Å². The molecule has 0 spiro atoms. The maximum absolute atomic E-state index is 12.0. The van der Waals surface area contributed by atoms with E-state index in [1.54, 1.807) is 12.1 Å². The molecule has 1 aliphatic carbocycles. The fourth-order valence-electron chi connectivity index (χ4n) is 2.16. The average molecular weight is 255 g/mol. The van der Waals surface area contributed by atoms with Crippen LogP contribution >= 0.6 is 0 Å². The quantitative estimate of drug-likeness (QED) is 0.829. The standard InChI is InChI=1S/C12H17NO3S/c13-12(8-14)17(15,16)11-6-5-9-3-1-2-4-10(9)7-11/h5-7,12,14H,1-4,8,13H2. The molecule has 0 radical (unpaired) electrons. The van der Waals surface area contributed by atoms with Gasteiger partial charge in [-0.1, -0.05) is 6.07 Å². The Morgan fingerprint density at radius 1 is 1.24 bits per heavy atom. The average Bonchev–Trinajstić information content (AvgIpc) is 2.37. The normalized spacial score (nSPS) is 17.5. The molecule has 1 aromatic carbocycles. The van der Waals surface area contributed by atoms with Gasteiger partial charge in [0, 0.05) is 0 Å².